The number of pyridine rings is 2. The third-order valence-corrected chi connectivity index (χ3v) is 2.63. The largest absolute Gasteiger partial charge is 0.351 e. The summed E-state index contributed by atoms with van der Waals surface area (Å²) >= 11 is 0. The molecule has 2 aromatic heterocycles. The van der Waals surface area contributed by atoms with Crippen LogP contribution in [0.1, 0.15) is 16.8 Å². The molecule has 3 N–H and O–H groups in total. The number of H-pyrrole nitrogens is 1. The van der Waals surface area contributed by atoms with Gasteiger partial charge in [0.25, 0.3) is 5.91 Å². The van der Waals surface area contributed by atoms with Gasteiger partial charge in [0.1, 0.15) is 0 Å². The van der Waals surface area contributed by atoms with Crippen LogP contribution in [0.4, 0.5) is 5.69 Å². The fourth-order valence-electron chi connectivity index (χ4n) is 1.60. The SMILES string of the molecule is O=C(CCNC(=O)c1ccc(=O)[nH]c1)Nc1cccnc1. The predicted molar refractivity (Wildman–Crippen MR) is 76.9 cm³/mol. The number of nitrogens with zero attached hydrogens (tertiary/aromatic N) is 1. The predicted octanol–water partition coefficient (Wildman–Crippen LogP) is 0.528. The Morgan fingerprint density at radius 3 is 2.76 bits per heavy atom. The summed E-state index contributed by atoms with van der Waals surface area (Å²) in [7, 11) is 0. The molecule has 0 bridgehead atoms. The molecule has 0 spiro atoms. The van der Waals surface area contributed by atoms with E-state index in [9.17, 15) is 14.4 Å². The van der Waals surface area contributed by atoms with E-state index in [0.29, 0.717) is 11.3 Å². The lowest BCUT2D eigenvalue weighted by Crippen LogP contribution is -2.28. The zero-order valence-corrected chi connectivity index (χ0v) is 11.1. The van der Waals surface area contributed by atoms with Crippen molar-refractivity contribution in [2.45, 2.75) is 6.42 Å². The fourth-order valence-corrected chi connectivity index (χ4v) is 1.60. The van der Waals surface area contributed by atoms with Crippen LogP contribution < -0.4 is 16.2 Å². The summed E-state index contributed by atoms with van der Waals surface area (Å²) in [5.41, 5.74) is 0.666. The van der Waals surface area contributed by atoms with Crippen LogP contribution in [0.25, 0.3) is 0 Å². The topological polar surface area (TPSA) is 104 Å². The minimum absolute atomic E-state index is 0.143. The van der Waals surface area contributed by atoms with Gasteiger partial charge in [-0.05, 0) is 18.2 Å². The molecule has 0 aliphatic heterocycles. The van der Waals surface area contributed by atoms with Gasteiger partial charge in [0, 0.05) is 31.4 Å². The number of amides is 2. The Morgan fingerprint density at radius 2 is 2.10 bits per heavy atom. The molecule has 2 aromatic rings. The second kappa shape index (κ2) is 6.99. The minimum Gasteiger partial charge on any atom is -0.351 e. The van der Waals surface area contributed by atoms with Gasteiger partial charge in [-0.2, -0.15) is 0 Å². The summed E-state index contributed by atoms with van der Waals surface area (Å²) in [6.45, 7) is 0.198. The van der Waals surface area contributed by atoms with Gasteiger partial charge < -0.3 is 15.6 Å². The summed E-state index contributed by atoms with van der Waals surface area (Å²) in [5, 5.41) is 5.26. The Hall–Kier alpha value is -2.96. The lowest BCUT2D eigenvalue weighted by atomic mass is 10.2. The molecule has 0 saturated carbocycles. The highest BCUT2D eigenvalue weighted by atomic mass is 16.2. The van der Waals surface area contributed by atoms with Crippen LogP contribution in [0, 0.1) is 0 Å². The monoisotopic (exact) mass is 286 g/mol. The molecule has 0 atom stereocenters. The number of aromatic amines is 1. The van der Waals surface area contributed by atoms with E-state index in [1.165, 1.54) is 24.5 Å². The Kier molecular flexibility index (Phi) is 4.81. The molecule has 0 fully saturated rings. The highest BCUT2D eigenvalue weighted by Gasteiger charge is 2.07. The zero-order chi connectivity index (χ0) is 15.1. The zero-order valence-electron chi connectivity index (χ0n) is 11.1. The number of carbonyl (C=O) groups is 2. The molecule has 0 aliphatic rings. The van der Waals surface area contributed by atoms with Crippen molar-refractivity contribution in [3.63, 3.8) is 0 Å². The molecule has 21 heavy (non-hydrogen) atoms. The number of anilines is 1. The molecular formula is C14H14N4O3. The summed E-state index contributed by atoms with van der Waals surface area (Å²) in [6.07, 6.45) is 4.62. The lowest BCUT2D eigenvalue weighted by molar-refractivity contribution is -0.116. The van der Waals surface area contributed by atoms with Gasteiger partial charge in [0.2, 0.25) is 11.5 Å². The second-order valence-corrected chi connectivity index (χ2v) is 4.24. The van der Waals surface area contributed by atoms with Crippen molar-refractivity contribution in [3.05, 3.63) is 58.8 Å². The number of nitrogens with one attached hydrogen (secondary N) is 3. The summed E-state index contributed by atoms with van der Waals surface area (Å²) in [4.78, 5) is 40.5. The van der Waals surface area contributed by atoms with E-state index in [0.717, 1.165) is 0 Å². The maximum Gasteiger partial charge on any atom is 0.252 e. The molecular weight excluding hydrogens is 272 g/mol. The number of carbonyl (C=O) groups excluding carboxylic acids is 2. The summed E-state index contributed by atoms with van der Waals surface area (Å²) in [6, 6.07) is 6.13. The first-order chi connectivity index (χ1) is 10.1. The van der Waals surface area contributed by atoms with Gasteiger partial charge in [-0.25, -0.2) is 0 Å². The Morgan fingerprint density at radius 1 is 1.24 bits per heavy atom. The highest BCUT2D eigenvalue weighted by molar-refractivity contribution is 5.94. The molecule has 2 rings (SSSR count). The first kappa shape index (κ1) is 14.4. The standard InChI is InChI=1S/C14H14N4O3/c19-12-4-3-10(8-17-12)14(21)16-7-5-13(20)18-11-2-1-6-15-9-11/h1-4,6,8-9H,5,7H2,(H,16,21)(H,17,19)(H,18,20). The molecule has 2 heterocycles. The van der Waals surface area contributed by atoms with Crippen LogP contribution in [0.2, 0.25) is 0 Å². The number of rotatable bonds is 5. The molecule has 7 heteroatoms. The third-order valence-electron chi connectivity index (χ3n) is 2.63. The van der Waals surface area contributed by atoms with Crippen LogP contribution in [-0.4, -0.2) is 28.3 Å². The number of aromatic nitrogens is 2. The maximum atomic E-state index is 11.7. The molecule has 0 aliphatic carbocycles. The Bertz CT molecular complexity index is 662. The Labute approximate surface area is 120 Å². The van der Waals surface area contributed by atoms with Crippen molar-refractivity contribution in [1.82, 2.24) is 15.3 Å². The van der Waals surface area contributed by atoms with Crippen molar-refractivity contribution in [1.29, 1.82) is 0 Å². The first-order valence-electron chi connectivity index (χ1n) is 6.32. The molecule has 108 valence electrons. The van der Waals surface area contributed by atoms with Crippen LogP contribution in [0.15, 0.2) is 47.7 Å². The summed E-state index contributed by atoms with van der Waals surface area (Å²) < 4.78 is 0. The van der Waals surface area contributed by atoms with Crippen molar-refractivity contribution in [2.75, 3.05) is 11.9 Å². The van der Waals surface area contributed by atoms with Gasteiger partial charge in [-0.15, -0.1) is 0 Å². The average molecular weight is 286 g/mol. The van der Waals surface area contributed by atoms with E-state index >= 15 is 0 Å². The maximum absolute atomic E-state index is 11.7. The van der Waals surface area contributed by atoms with Crippen LogP contribution in [0.5, 0.6) is 0 Å². The lowest BCUT2D eigenvalue weighted by Gasteiger charge is -2.06. The van der Waals surface area contributed by atoms with Gasteiger partial charge in [-0.3, -0.25) is 19.4 Å². The molecule has 0 saturated heterocycles. The van der Waals surface area contributed by atoms with Crippen LogP contribution in [-0.2, 0) is 4.79 Å². The van der Waals surface area contributed by atoms with Crippen molar-refractivity contribution >= 4 is 17.5 Å². The van der Waals surface area contributed by atoms with Gasteiger partial charge in [-0.1, -0.05) is 0 Å². The Balaban J connectivity index is 1.76. The molecule has 0 radical (unpaired) electrons. The van der Waals surface area contributed by atoms with Crippen molar-refractivity contribution in [3.8, 4) is 0 Å². The molecule has 2 amide bonds. The number of hydrogen-bond acceptors (Lipinski definition) is 4. The van der Waals surface area contributed by atoms with E-state index in [1.807, 2.05) is 0 Å². The van der Waals surface area contributed by atoms with E-state index in [1.54, 1.807) is 18.3 Å². The quantitative estimate of drug-likeness (QED) is 0.745. The molecule has 7 nitrogen and oxygen atoms in total. The van der Waals surface area contributed by atoms with E-state index in [-0.39, 0.29) is 30.3 Å². The normalized spacial score (nSPS) is 9.90. The molecule has 0 unspecified atom stereocenters. The average Bonchev–Trinajstić information content (AvgIpc) is 2.49. The van der Waals surface area contributed by atoms with E-state index < -0.39 is 0 Å². The van der Waals surface area contributed by atoms with Crippen molar-refractivity contribution in [2.24, 2.45) is 0 Å². The summed E-state index contributed by atoms with van der Waals surface area (Å²) in [5.74, 6) is -0.565. The van der Waals surface area contributed by atoms with Crippen LogP contribution in [0.3, 0.4) is 0 Å². The van der Waals surface area contributed by atoms with Gasteiger partial charge in [0.05, 0.1) is 17.4 Å². The van der Waals surface area contributed by atoms with E-state index in [2.05, 4.69) is 20.6 Å². The second-order valence-electron chi connectivity index (χ2n) is 4.24. The first-order valence-corrected chi connectivity index (χ1v) is 6.32. The van der Waals surface area contributed by atoms with Crippen molar-refractivity contribution < 1.29 is 9.59 Å². The van der Waals surface area contributed by atoms with Gasteiger partial charge >= 0.3 is 0 Å². The van der Waals surface area contributed by atoms with Crippen LogP contribution >= 0.6 is 0 Å². The third kappa shape index (κ3) is 4.57. The number of hydrogen-bond donors (Lipinski definition) is 3. The smallest absolute Gasteiger partial charge is 0.252 e. The molecule has 0 aromatic carbocycles. The van der Waals surface area contributed by atoms with Gasteiger partial charge in [0.15, 0.2) is 0 Å². The highest BCUT2D eigenvalue weighted by Crippen LogP contribution is 2.02. The fraction of sp³-hybridized carbons (Fsp3) is 0.143. The van der Waals surface area contributed by atoms with E-state index in [4.69, 9.17) is 0 Å². The minimum atomic E-state index is -0.347.